The Morgan fingerprint density at radius 3 is 2.93 bits per heavy atom. The molecule has 0 radical (unpaired) electrons. The van der Waals surface area contributed by atoms with Gasteiger partial charge in [0.05, 0.1) is 0 Å². The topological polar surface area (TPSA) is 42.1 Å². The number of likely N-dealkylation sites (tertiary alicyclic amines) is 1. The molecule has 1 saturated carbocycles. The fourth-order valence-corrected chi connectivity index (χ4v) is 2.61. The number of nitrogens with two attached hydrogens (primary N) is 1. The SMILES string of the molecule is NC1CC(c2cccnc2)N(C2CC2)C1. The van der Waals surface area contributed by atoms with Crippen LogP contribution in [0.4, 0.5) is 0 Å². The Kier molecular flexibility index (Phi) is 2.22. The van der Waals surface area contributed by atoms with E-state index < -0.39 is 0 Å². The fraction of sp³-hybridized carbons (Fsp3) is 0.583. The van der Waals surface area contributed by atoms with Crippen LogP contribution < -0.4 is 5.73 Å². The number of hydrogen-bond acceptors (Lipinski definition) is 3. The Bertz CT molecular complexity index is 334. The van der Waals surface area contributed by atoms with Gasteiger partial charge in [0.1, 0.15) is 0 Å². The summed E-state index contributed by atoms with van der Waals surface area (Å²) in [6.07, 6.45) is 7.60. The molecule has 2 heterocycles. The van der Waals surface area contributed by atoms with Crippen molar-refractivity contribution in [3.63, 3.8) is 0 Å². The van der Waals surface area contributed by atoms with E-state index in [4.69, 9.17) is 5.73 Å². The van der Waals surface area contributed by atoms with Crippen molar-refractivity contribution >= 4 is 0 Å². The lowest BCUT2D eigenvalue weighted by molar-refractivity contribution is 0.245. The highest BCUT2D eigenvalue weighted by Crippen LogP contribution is 2.40. The minimum Gasteiger partial charge on any atom is -0.326 e. The molecule has 1 aliphatic heterocycles. The molecule has 1 saturated heterocycles. The summed E-state index contributed by atoms with van der Waals surface area (Å²) in [5, 5.41) is 0. The molecule has 3 rings (SSSR count). The van der Waals surface area contributed by atoms with Crippen molar-refractivity contribution in [3.05, 3.63) is 30.1 Å². The molecule has 2 atom stereocenters. The monoisotopic (exact) mass is 203 g/mol. The van der Waals surface area contributed by atoms with Crippen LogP contribution in [-0.4, -0.2) is 28.5 Å². The first-order valence-corrected chi connectivity index (χ1v) is 5.76. The molecule has 0 amide bonds. The second-order valence-electron chi connectivity index (χ2n) is 4.73. The molecule has 0 aromatic carbocycles. The smallest absolute Gasteiger partial charge is 0.0382 e. The standard InChI is InChI=1S/C12H17N3/c13-10-6-12(9-2-1-5-14-7-9)15(8-10)11-3-4-11/h1-2,5,7,10-12H,3-4,6,8,13H2. The third-order valence-corrected chi connectivity index (χ3v) is 3.46. The van der Waals surface area contributed by atoms with Crippen LogP contribution in [0.2, 0.25) is 0 Å². The molecule has 15 heavy (non-hydrogen) atoms. The summed E-state index contributed by atoms with van der Waals surface area (Å²) in [6, 6.07) is 5.84. The predicted octanol–water partition coefficient (Wildman–Crippen LogP) is 1.32. The van der Waals surface area contributed by atoms with Crippen molar-refractivity contribution in [1.29, 1.82) is 0 Å². The molecule has 2 fully saturated rings. The van der Waals surface area contributed by atoms with E-state index in [1.807, 2.05) is 18.5 Å². The summed E-state index contributed by atoms with van der Waals surface area (Å²) in [5.74, 6) is 0. The lowest BCUT2D eigenvalue weighted by Gasteiger charge is -2.23. The zero-order valence-corrected chi connectivity index (χ0v) is 8.84. The molecule has 1 aliphatic carbocycles. The van der Waals surface area contributed by atoms with Gasteiger partial charge in [0.15, 0.2) is 0 Å². The first-order chi connectivity index (χ1) is 7.34. The highest BCUT2D eigenvalue weighted by Gasteiger charge is 2.40. The minimum atomic E-state index is 0.343. The lowest BCUT2D eigenvalue weighted by Crippen LogP contribution is -2.29. The molecule has 2 aliphatic rings. The first kappa shape index (κ1) is 9.31. The summed E-state index contributed by atoms with van der Waals surface area (Å²) >= 11 is 0. The maximum absolute atomic E-state index is 6.06. The molecule has 3 nitrogen and oxygen atoms in total. The Morgan fingerprint density at radius 1 is 1.40 bits per heavy atom. The molecular weight excluding hydrogens is 186 g/mol. The van der Waals surface area contributed by atoms with Crippen LogP contribution in [0.15, 0.2) is 24.5 Å². The van der Waals surface area contributed by atoms with E-state index in [0.717, 1.165) is 19.0 Å². The quantitative estimate of drug-likeness (QED) is 0.788. The number of aromatic nitrogens is 1. The summed E-state index contributed by atoms with van der Waals surface area (Å²) in [4.78, 5) is 6.77. The van der Waals surface area contributed by atoms with Crippen molar-refractivity contribution < 1.29 is 0 Å². The number of hydrogen-bond donors (Lipinski definition) is 1. The van der Waals surface area contributed by atoms with Crippen molar-refractivity contribution in [1.82, 2.24) is 9.88 Å². The van der Waals surface area contributed by atoms with Crippen molar-refractivity contribution in [2.24, 2.45) is 5.73 Å². The largest absolute Gasteiger partial charge is 0.326 e. The third kappa shape index (κ3) is 1.77. The van der Waals surface area contributed by atoms with Gasteiger partial charge in [-0.05, 0) is 30.9 Å². The van der Waals surface area contributed by atoms with Gasteiger partial charge in [-0.3, -0.25) is 9.88 Å². The molecule has 80 valence electrons. The van der Waals surface area contributed by atoms with Gasteiger partial charge in [0.2, 0.25) is 0 Å². The second kappa shape index (κ2) is 3.58. The Balaban J connectivity index is 1.84. The molecule has 2 unspecified atom stereocenters. The fourth-order valence-electron chi connectivity index (χ4n) is 2.61. The molecule has 2 N–H and O–H groups in total. The maximum Gasteiger partial charge on any atom is 0.0382 e. The van der Waals surface area contributed by atoms with Crippen LogP contribution in [0.3, 0.4) is 0 Å². The molecular formula is C12H17N3. The van der Waals surface area contributed by atoms with Crippen LogP contribution in [0, 0.1) is 0 Å². The van der Waals surface area contributed by atoms with E-state index in [-0.39, 0.29) is 0 Å². The summed E-state index contributed by atoms with van der Waals surface area (Å²) in [5.41, 5.74) is 7.39. The van der Waals surface area contributed by atoms with Crippen LogP contribution in [-0.2, 0) is 0 Å². The summed E-state index contributed by atoms with van der Waals surface area (Å²) in [7, 11) is 0. The van der Waals surface area contributed by atoms with E-state index in [2.05, 4.69) is 16.0 Å². The maximum atomic E-state index is 6.06. The number of rotatable bonds is 2. The zero-order valence-electron chi connectivity index (χ0n) is 8.84. The lowest BCUT2D eigenvalue weighted by atomic mass is 10.1. The Hall–Kier alpha value is -0.930. The average molecular weight is 203 g/mol. The van der Waals surface area contributed by atoms with E-state index in [1.165, 1.54) is 18.4 Å². The second-order valence-corrected chi connectivity index (χ2v) is 4.73. The summed E-state index contributed by atoms with van der Waals surface area (Å²) in [6.45, 7) is 1.06. The van der Waals surface area contributed by atoms with E-state index in [9.17, 15) is 0 Å². The summed E-state index contributed by atoms with van der Waals surface area (Å²) < 4.78 is 0. The highest BCUT2D eigenvalue weighted by atomic mass is 15.2. The molecule has 0 spiro atoms. The predicted molar refractivity (Wildman–Crippen MR) is 59.3 cm³/mol. The van der Waals surface area contributed by atoms with Crippen LogP contribution in [0.25, 0.3) is 0 Å². The number of pyridine rings is 1. The van der Waals surface area contributed by atoms with Gasteiger partial charge in [0.25, 0.3) is 0 Å². The molecule has 1 aromatic rings. The minimum absolute atomic E-state index is 0.343. The normalized spacial score (nSPS) is 32.1. The van der Waals surface area contributed by atoms with Crippen LogP contribution >= 0.6 is 0 Å². The van der Waals surface area contributed by atoms with Crippen molar-refractivity contribution in [2.45, 2.75) is 37.4 Å². The van der Waals surface area contributed by atoms with E-state index in [1.54, 1.807) is 0 Å². The van der Waals surface area contributed by atoms with Gasteiger partial charge in [-0.2, -0.15) is 0 Å². The molecule has 1 aromatic heterocycles. The van der Waals surface area contributed by atoms with E-state index >= 15 is 0 Å². The Labute approximate surface area is 90.3 Å². The van der Waals surface area contributed by atoms with Crippen molar-refractivity contribution in [2.75, 3.05) is 6.54 Å². The van der Waals surface area contributed by atoms with Gasteiger partial charge >= 0.3 is 0 Å². The van der Waals surface area contributed by atoms with Gasteiger partial charge < -0.3 is 5.73 Å². The average Bonchev–Trinajstić information content (AvgIpc) is 3.03. The number of nitrogens with zero attached hydrogens (tertiary/aromatic N) is 2. The van der Waals surface area contributed by atoms with E-state index in [0.29, 0.717) is 12.1 Å². The zero-order chi connectivity index (χ0) is 10.3. The van der Waals surface area contributed by atoms with Gasteiger partial charge in [-0.1, -0.05) is 6.07 Å². The van der Waals surface area contributed by atoms with Gasteiger partial charge in [0, 0.05) is 37.1 Å². The van der Waals surface area contributed by atoms with Gasteiger partial charge in [-0.25, -0.2) is 0 Å². The van der Waals surface area contributed by atoms with Crippen LogP contribution in [0.1, 0.15) is 30.9 Å². The Morgan fingerprint density at radius 2 is 2.27 bits per heavy atom. The third-order valence-electron chi connectivity index (χ3n) is 3.46. The van der Waals surface area contributed by atoms with Crippen LogP contribution in [0.5, 0.6) is 0 Å². The van der Waals surface area contributed by atoms with Gasteiger partial charge in [-0.15, -0.1) is 0 Å². The molecule has 0 bridgehead atoms. The first-order valence-electron chi connectivity index (χ1n) is 5.76. The molecule has 3 heteroatoms. The van der Waals surface area contributed by atoms with Crippen molar-refractivity contribution in [3.8, 4) is 0 Å². The highest BCUT2D eigenvalue weighted by molar-refractivity contribution is 5.17.